The SMILES string of the molecule is Cn1cc(-c2ccc3ncc(C(C)(O)c4cc5cccnc5cc4F)n3n2)cn1. The largest absolute Gasteiger partial charge is 0.379 e. The number of rotatable bonds is 3. The highest BCUT2D eigenvalue weighted by molar-refractivity contribution is 5.79. The van der Waals surface area contributed by atoms with E-state index in [-0.39, 0.29) is 5.56 Å². The van der Waals surface area contributed by atoms with Crippen LogP contribution in [0.4, 0.5) is 4.39 Å². The third-order valence-corrected chi connectivity index (χ3v) is 5.08. The van der Waals surface area contributed by atoms with Crippen LogP contribution in [0.2, 0.25) is 0 Å². The Morgan fingerprint density at radius 2 is 1.97 bits per heavy atom. The van der Waals surface area contributed by atoms with Gasteiger partial charge in [0.2, 0.25) is 0 Å². The standard InChI is InChI=1S/C21H17FN6O/c1-21(29,15-8-13-4-3-7-23-18(13)9-16(15)22)19-11-24-20-6-5-17(26-28(19)20)14-10-25-27(2)12-14/h3-12,29H,1-2H3. The maximum Gasteiger partial charge on any atom is 0.153 e. The number of hydrogen-bond acceptors (Lipinski definition) is 5. The molecule has 5 rings (SSSR count). The zero-order chi connectivity index (χ0) is 20.2. The van der Waals surface area contributed by atoms with Gasteiger partial charge in [0.15, 0.2) is 5.65 Å². The van der Waals surface area contributed by atoms with Crippen LogP contribution >= 0.6 is 0 Å². The van der Waals surface area contributed by atoms with Gasteiger partial charge in [0, 0.05) is 42.0 Å². The number of hydrogen-bond donors (Lipinski definition) is 1. The van der Waals surface area contributed by atoms with E-state index in [1.165, 1.54) is 23.7 Å². The predicted molar refractivity (Wildman–Crippen MR) is 106 cm³/mol. The highest BCUT2D eigenvalue weighted by Gasteiger charge is 2.33. The Hall–Kier alpha value is -3.65. The summed E-state index contributed by atoms with van der Waals surface area (Å²) >= 11 is 0. The molecule has 0 bridgehead atoms. The van der Waals surface area contributed by atoms with Crippen LogP contribution in [0.3, 0.4) is 0 Å². The fourth-order valence-corrected chi connectivity index (χ4v) is 3.52. The van der Waals surface area contributed by atoms with Gasteiger partial charge >= 0.3 is 0 Å². The molecular formula is C21H17FN6O. The number of halogens is 1. The van der Waals surface area contributed by atoms with Gasteiger partial charge in [-0.2, -0.15) is 10.2 Å². The number of aliphatic hydroxyl groups is 1. The number of benzene rings is 1. The van der Waals surface area contributed by atoms with E-state index in [0.717, 1.165) is 10.9 Å². The molecule has 8 heteroatoms. The highest BCUT2D eigenvalue weighted by atomic mass is 19.1. The molecule has 0 aliphatic rings. The second-order valence-corrected chi connectivity index (χ2v) is 7.14. The summed E-state index contributed by atoms with van der Waals surface area (Å²) in [7, 11) is 1.83. The summed E-state index contributed by atoms with van der Waals surface area (Å²) in [6.45, 7) is 1.54. The molecule has 0 saturated carbocycles. The molecule has 1 atom stereocenters. The number of aromatic nitrogens is 6. The number of nitrogens with zero attached hydrogens (tertiary/aromatic N) is 6. The Morgan fingerprint density at radius 3 is 2.76 bits per heavy atom. The molecule has 0 aliphatic heterocycles. The first-order chi connectivity index (χ1) is 13.9. The van der Waals surface area contributed by atoms with Crippen LogP contribution in [0, 0.1) is 5.82 Å². The van der Waals surface area contributed by atoms with E-state index in [9.17, 15) is 9.50 Å². The third kappa shape index (κ3) is 2.76. The summed E-state index contributed by atoms with van der Waals surface area (Å²) in [5, 5.41) is 20.9. The van der Waals surface area contributed by atoms with Gasteiger partial charge in [-0.3, -0.25) is 9.67 Å². The molecule has 1 N–H and O–H groups in total. The van der Waals surface area contributed by atoms with Crippen molar-refractivity contribution in [2.75, 3.05) is 0 Å². The molecule has 0 aliphatic carbocycles. The van der Waals surface area contributed by atoms with E-state index in [0.29, 0.717) is 22.6 Å². The van der Waals surface area contributed by atoms with Crippen LogP contribution in [-0.2, 0) is 12.6 Å². The Balaban J connectivity index is 1.69. The summed E-state index contributed by atoms with van der Waals surface area (Å²) in [6, 6.07) is 10.2. The molecule has 0 radical (unpaired) electrons. The summed E-state index contributed by atoms with van der Waals surface area (Å²) < 4.78 is 18.1. The van der Waals surface area contributed by atoms with Gasteiger partial charge in [0.25, 0.3) is 0 Å². The molecule has 4 aromatic heterocycles. The minimum atomic E-state index is -1.66. The highest BCUT2D eigenvalue weighted by Crippen LogP contribution is 2.33. The van der Waals surface area contributed by atoms with E-state index in [1.807, 2.05) is 25.4 Å². The van der Waals surface area contributed by atoms with Crippen molar-refractivity contribution < 1.29 is 9.50 Å². The third-order valence-electron chi connectivity index (χ3n) is 5.08. The van der Waals surface area contributed by atoms with Crippen molar-refractivity contribution in [2.24, 2.45) is 7.05 Å². The minimum absolute atomic E-state index is 0.133. The molecule has 0 saturated heterocycles. The Bertz CT molecular complexity index is 1370. The lowest BCUT2D eigenvalue weighted by Gasteiger charge is -2.24. The maximum atomic E-state index is 14.9. The quantitative estimate of drug-likeness (QED) is 0.514. The van der Waals surface area contributed by atoms with Gasteiger partial charge in [-0.15, -0.1) is 0 Å². The van der Waals surface area contributed by atoms with Crippen molar-refractivity contribution in [3.63, 3.8) is 0 Å². The summed E-state index contributed by atoms with van der Waals surface area (Å²) in [6.07, 6.45) is 6.67. The van der Waals surface area contributed by atoms with Gasteiger partial charge in [0.1, 0.15) is 11.4 Å². The van der Waals surface area contributed by atoms with Crippen LogP contribution in [-0.4, -0.2) is 34.5 Å². The summed E-state index contributed by atoms with van der Waals surface area (Å²) in [5.41, 5.74) is 1.42. The van der Waals surface area contributed by atoms with Crippen molar-refractivity contribution in [3.05, 3.63) is 78.3 Å². The first kappa shape index (κ1) is 17.4. The Labute approximate surface area is 165 Å². The van der Waals surface area contributed by atoms with E-state index < -0.39 is 11.4 Å². The van der Waals surface area contributed by atoms with Crippen molar-refractivity contribution in [1.82, 2.24) is 29.4 Å². The number of imidazole rings is 1. The molecule has 4 heterocycles. The van der Waals surface area contributed by atoms with Crippen LogP contribution in [0.15, 0.2) is 61.2 Å². The first-order valence-electron chi connectivity index (χ1n) is 9.05. The van der Waals surface area contributed by atoms with Crippen LogP contribution < -0.4 is 0 Å². The van der Waals surface area contributed by atoms with E-state index in [4.69, 9.17) is 0 Å². The normalized spacial score (nSPS) is 13.8. The number of aryl methyl sites for hydroxylation is 1. The van der Waals surface area contributed by atoms with Gasteiger partial charge in [-0.25, -0.2) is 13.9 Å². The smallest absolute Gasteiger partial charge is 0.153 e. The van der Waals surface area contributed by atoms with E-state index >= 15 is 0 Å². The lowest BCUT2D eigenvalue weighted by atomic mass is 9.91. The zero-order valence-electron chi connectivity index (χ0n) is 15.8. The second kappa shape index (κ2) is 6.18. The molecule has 7 nitrogen and oxygen atoms in total. The van der Waals surface area contributed by atoms with Gasteiger partial charge < -0.3 is 5.11 Å². The van der Waals surface area contributed by atoms with Gasteiger partial charge in [0.05, 0.1) is 29.3 Å². The first-order valence-corrected chi connectivity index (χ1v) is 9.05. The molecular weight excluding hydrogens is 371 g/mol. The predicted octanol–water partition coefficient (Wildman–Crippen LogP) is 3.07. The molecule has 0 spiro atoms. The Morgan fingerprint density at radius 1 is 1.10 bits per heavy atom. The topological polar surface area (TPSA) is 81.1 Å². The average Bonchev–Trinajstić information content (AvgIpc) is 3.33. The summed E-state index contributed by atoms with van der Waals surface area (Å²) in [5.74, 6) is -0.542. The van der Waals surface area contributed by atoms with Crippen LogP contribution in [0.5, 0.6) is 0 Å². The number of fused-ring (bicyclic) bond motifs is 2. The maximum absolute atomic E-state index is 14.9. The average molecular weight is 388 g/mol. The molecule has 0 amide bonds. The lowest BCUT2D eigenvalue weighted by molar-refractivity contribution is 0.0913. The summed E-state index contributed by atoms with van der Waals surface area (Å²) in [4.78, 5) is 8.49. The minimum Gasteiger partial charge on any atom is -0.379 e. The van der Waals surface area contributed by atoms with Crippen LogP contribution in [0.25, 0.3) is 27.8 Å². The second-order valence-electron chi connectivity index (χ2n) is 7.14. The molecule has 1 unspecified atom stereocenters. The Kier molecular flexibility index (Phi) is 3.72. The molecule has 5 aromatic rings. The molecule has 0 fully saturated rings. The van der Waals surface area contributed by atoms with Gasteiger partial charge in [-0.05, 0) is 31.2 Å². The molecule has 1 aromatic carbocycles. The molecule has 29 heavy (non-hydrogen) atoms. The lowest BCUT2D eigenvalue weighted by Crippen LogP contribution is -2.27. The van der Waals surface area contributed by atoms with E-state index in [2.05, 4.69) is 20.2 Å². The van der Waals surface area contributed by atoms with Crippen LogP contribution in [0.1, 0.15) is 18.2 Å². The van der Waals surface area contributed by atoms with Crippen molar-refractivity contribution in [3.8, 4) is 11.3 Å². The van der Waals surface area contributed by atoms with Gasteiger partial charge in [-0.1, -0.05) is 6.07 Å². The zero-order valence-corrected chi connectivity index (χ0v) is 15.8. The monoisotopic (exact) mass is 388 g/mol. The van der Waals surface area contributed by atoms with Crippen molar-refractivity contribution >= 4 is 16.6 Å². The number of pyridine rings is 1. The van der Waals surface area contributed by atoms with Crippen molar-refractivity contribution in [1.29, 1.82) is 0 Å². The molecule has 144 valence electrons. The van der Waals surface area contributed by atoms with Crippen molar-refractivity contribution in [2.45, 2.75) is 12.5 Å². The van der Waals surface area contributed by atoms with E-state index in [1.54, 1.807) is 35.3 Å². The fourth-order valence-electron chi connectivity index (χ4n) is 3.52. The fraction of sp³-hybridized carbons (Fsp3) is 0.143.